The van der Waals surface area contributed by atoms with Crippen molar-refractivity contribution >= 4 is 15.9 Å². The Morgan fingerprint density at radius 1 is 1.08 bits per heavy atom. The van der Waals surface area contributed by atoms with Gasteiger partial charge >= 0.3 is 0 Å². The molecule has 0 fully saturated rings. The number of para-hydroxylation sites is 1. The van der Waals surface area contributed by atoms with E-state index in [-0.39, 0.29) is 11.5 Å². The Bertz CT molecular complexity index is 815. The number of sulfonamides is 1. The van der Waals surface area contributed by atoms with Crippen molar-refractivity contribution in [3.63, 3.8) is 0 Å². The van der Waals surface area contributed by atoms with Gasteiger partial charge in [-0.05, 0) is 49.2 Å². The van der Waals surface area contributed by atoms with Gasteiger partial charge in [-0.2, -0.15) is 0 Å². The monoisotopic (exact) mass is 352 g/mol. The van der Waals surface area contributed by atoms with E-state index >= 15 is 0 Å². The van der Waals surface area contributed by atoms with Crippen LogP contribution < -0.4 is 15.0 Å². The zero-order valence-electron chi connectivity index (χ0n) is 13.2. The van der Waals surface area contributed by atoms with Gasteiger partial charge in [-0.15, -0.1) is 4.83 Å². The van der Waals surface area contributed by atoms with Crippen LogP contribution in [0.4, 0.5) is 4.39 Å². The number of carbonyl (C=O) groups is 1. The Morgan fingerprint density at radius 3 is 2.25 bits per heavy atom. The molecule has 0 saturated carbocycles. The van der Waals surface area contributed by atoms with Crippen LogP contribution in [0.3, 0.4) is 0 Å². The Balaban J connectivity index is 1.92. The Morgan fingerprint density at radius 2 is 1.67 bits per heavy atom. The Hall–Kier alpha value is -2.45. The average Bonchev–Trinajstić information content (AvgIpc) is 2.53. The van der Waals surface area contributed by atoms with Crippen molar-refractivity contribution in [1.82, 2.24) is 10.3 Å². The molecule has 0 heterocycles. The molecule has 0 atom stereocenters. The molecule has 1 amide bonds. The van der Waals surface area contributed by atoms with E-state index in [2.05, 4.69) is 0 Å². The van der Waals surface area contributed by atoms with Crippen molar-refractivity contribution < 1.29 is 22.3 Å². The highest BCUT2D eigenvalue weighted by Crippen LogP contribution is 2.21. The highest BCUT2D eigenvalue weighted by atomic mass is 32.2. The number of hydrogen-bond donors (Lipinski definition) is 2. The van der Waals surface area contributed by atoms with Gasteiger partial charge in [-0.25, -0.2) is 12.8 Å². The summed E-state index contributed by atoms with van der Waals surface area (Å²) in [7, 11) is -3.98. The summed E-state index contributed by atoms with van der Waals surface area (Å²) in [5, 5.41) is 0. The fraction of sp³-hybridized carbons (Fsp3) is 0.188. The molecule has 8 heteroatoms. The van der Waals surface area contributed by atoms with Crippen molar-refractivity contribution in [2.75, 3.05) is 6.61 Å². The van der Waals surface area contributed by atoms with E-state index in [0.717, 1.165) is 35.4 Å². The van der Waals surface area contributed by atoms with E-state index in [4.69, 9.17) is 4.74 Å². The van der Waals surface area contributed by atoms with Crippen LogP contribution in [0.2, 0.25) is 0 Å². The first kappa shape index (κ1) is 17.9. The standard InChI is InChI=1S/C16H17FN2O4S/c1-11-4-3-5-12(2)16(11)23-10-15(20)18-19-24(21,22)14-8-6-13(17)7-9-14/h3-9,19H,10H2,1-2H3,(H,18,20). The quantitative estimate of drug-likeness (QED) is 0.777. The van der Waals surface area contributed by atoms with Crippen molar-refractivity contribution in [2.24, 2.45) is 0 Å². The van der Waals surface area contributed by atoms with Crippen LogP contribution in [0.25, 0.3) is 0 Å². The topological polar surface area (TPSA) is 84.5 Å². The fourth-order valence-corrected chi connectivity index (χ4v) is 2.86. The average molecular weight is 352 g/mol. The second kappa shape index (κ2) is 7.41. The number of benzene rings is 2. The molecule has 2 rings (SSSR count). The molecule has 0 bridgehead atoms. The first-order valence-electron chi connectivity index (χ1n) is 7.05. The molecule has 0 saturated heterocycles. The first-order valence-corrected chi connectivity index (χ1v) is 8.53. The highest BCUT2D eigenvalue weighted by Gasteiger charge is 2.15. The smallest absolute Gasteiger partial charge is 0.272 e. The van der Waals surface area contributed by atoms with Gasteiger partial charge in [0.05, 0.1) is 4.90 Å². The summed E-state index contributed by atoms with van der Waals surface area (Å²) in [5.74, 6) is -0.641. The maximum absolute atomic E-state index is 12.8. The van der Waals surface area contributed by atoms with Gasteiger partial charge in [0.15, 0.2) is 6.61 Å². The van der Waals surface area contributed by atoms with Crippen molar-refractivity contribution in [1.29, 1.82) is 0 Å². The number of hydrazine groups is 1. The van der Waals surface area contributed by atoms with Crippen LogP contribution in [-0.4, -0.2) is 20.9 Å². The third-order valence-corrected chi connectivity index (χ3v) is 4.47. The molecule has 0 aliphatic rings. The Labute approximate surface area is 139 Å². The summed E-state index contributed by atoms with van der Waals surface area (Å²) in [5.41, 5.74) is 3.79. The van der Waals surface area contributed by atoms with Gasteiger partial charge in [-0.3, -0.25) is 10.2 Å². The molecule has 0 unspecified atom stereocenters. The normalized spacial score (nSPS) is 11.1. The molecule has 0 spiro atoms. The van der Waals surface area contributed by atoms with E-state index in [1.54, 1.807) is 0 Å². The van der Waals surface area contributed by atoms with Crippen molar-refractivity contribution in [2.45, 2.75) is 18.7 Å². The molecule has 128 valence electrons. The number of amides is 1. The molecular weight excluding hydrogens is 335 g/mol. The van der Waals surface area contributed by atoms with E-state index < -0.39 is 21.7 Å². The molecule has 0 aliphatic heterocycles. The fourth-order valence-electron chi connectivity index (χ4n) is 2.00. The number of carbonyl (C=O) groups excluding carboxylic acids is 1. The number of halogens is 1. The van der Waals surface area contributed by atoms with Crippen LogP contribution in [0, 0.1) is 19.7 Å². The lowest BCUT2D eigenvalue weighted by Gasteiger charge is -2.12. The van der Waals surface area contributed by atoms with Crippen molar-refractivity contribution in [3.8, 4) is 5.75 Å². The van der Waals surface area contributed by atoms with Gasteiger partial charge in [-0.1, -0.05) is 18.2 Å². The van der Waals surface area contributed by atoms with Crippen LogP contribution in [-0.2, 0) is 14.8 Å². The number of aryl methyl sites for hydroxylation is 2. The SMILES string of the molecule is Cc1cccc(C)c1OCC(=O)NNS(=O)(=O)c1ccc(F)cc1. The van der Waals surface area contributed by atoms with Gasteiger partial charge in [0.2, 0.25) is 0 Å². The van der Waals surface area contributed by atoms with Gasteiger partial charge < -0.3 is 4.74 Å². The van der Waals surface area contributed by atoms with Gasteiger partial charge in [0.25, 0.3) is 15.9 Å². The minimum absolute atomic E-state index is 0.167. The number of rotatable bonds is 6. The number of ether oxygens (including phenoxy) is 1. The van der Waals surface area contributed by atoms with E-state index in [9.17, 15) is 17.6 Å². The molecule has 0 radical (unpaired) electrons. The van der Waals surface area contributed by atoms with E-state index in [0.29, 0.717) is 5.75 Å². The first-order chi connectivity index (χ1) is 11.3. The maximum Gasteiger partial charge on any atom is 0.272 e. The summed E-state index contributed by atoms with van der Waals surface area (Å²) in [4.78, 5) is 13.5. The van der Waals surface area contributed by atoms with Crippen LogP contribution in [0.1, 0.15) is 11.1 Å². The minimum atomic E-state index is -3.98. The lowest BCUT2D eigenvalue weighted by molar-refractivity contribution is -0.123. The molecule has 2 aromatic rings. The largest absolute Gasteiger partial charge is 0.483 e. The molecule has 6 nitrogen and oxygen atoms in total. The Kier molecular flexibility index (Phi) is 5.53. The van der Waals surface area contributed by atoms with Crippen LogP contribution >= 0.6 is 0 Å². The lowest BCUT2D eigenvalue weighted by Crippen LogP contribution is -2.43. The summed E-state index contributed by atoms with van der Waals surface area (Å²) in [6.07, 6.45) is 0. The number of nitrogens with one attached hydrogen (secondary N) is 2. The maximum atomic E-state index is 12.8. The van der Waals surface area contributed by atoms with Crippen LogP contribution in [0.5, 0.6) is 5.75 Å². The summed E-state index contributed by atoms with van der Waals surface area (Å²) in [6, 6.07) is 9.78. The third-order valence-electron chi connectivity index (χ3n) is 3.21. The van der Waals surface area contributed by atoms with Gasteiger partial charge in [0, 0.05) is 0 Å². The van der Waals surface area contributed by atoms with Gasteiger partial charge in [0.1, 0.15) is 11.6 Å². The van der Waals surface area contributed by atoms with E-state index in [1.165, 1.54) is 0 Å². The molecule has 2 aromatic carbocycles. The molecule has 0 aliphatic carbocycles. The zero-order valence-corrected chi connectivity index (χ0v) is 14.0. The third kappa shape index (κ3) is 4.53. The molecule has 2 N–H and O–H groups in total. The zero-order chi connectivity index (χ0) is 17.7. The predicted molar refractivity (Wildman–Crippen MR) is 86.3 cm³/mol. The number of hydrogen-bond acceptors (Lipinski definition) is 4. The second-order valence-corrected chi connectivity index (χ2v) is 6.80. The molecule has 24 heavy (non-hydrogen) atoms. The summed E-state index contributed by atoms with van der Waals surface area (Å²) >= 11 is 0. The molecule has 0 aromatic heterocycles. The predicted octanol–water partition coefficient (Wildman–Crippen LogP) is 1.83. The van der Waals surface area contributed by atoms with Crippen LogP contribution in [0.15, 0.2) is 47.4 Å². The van der Waals surface area contributed by atoms with Crippen molar-refractivity contribution in [3.05, 3.63) is 59.4 Å². The molecular formula is C16H17FN2O4S. The lowest BCUT2D eigenvalue weighted by atomic mass is 10.1. The summed E-state index contributed by atoms with van der Waals surface area (Å²) in [6.45, 7) is 3.34. The summed E-state index contributed by atoms with van der Waals surface area (Å²) < 4.78 is 42.1. The minimum Gasteiger partial charge on any atom is -0.483 e. The van der Waals surface area contributed by atoms with E-state index in [1.807, 2.05) is 42.3 Å². The highest BCUT2D eigenvalue weighted by molar-refractivity contribution is 7.89. The second-order valence-electron chi connectivity index (χ2n) is 5.12.